The van der Waals surface area contributed by atoms with E-state index in [0.717, 1.165) is 18.3 Å². The van der Waals surface area contributed by atoms with Crippen LogP contribution < -0.4 is 0 Å². The number of hydrogen-bond donors (Lipinski definition) is 0. The van der Waals surface area contributed by atoms with Crippen molar-refractivity contribution in [2.75, 3.05) is 12.3 Å². The van der Waals surface area contributed by atoms with Crippen molar-refractivity contribution in [3.05, 3.63) is 11.8 Å². The predicted molar refractivity (Wildman–Crippen MR) is 74.3 cm³/mol. The van der Waals surface area contributed by atoms with E-state index >= 15 is 0 Å². The fourth-order valence-corrected chi connectivity index (χ4v) is 2.48. The molecule has 0 aliphatic carbocycles. The second-order valence-electron chi connectivity index (χ2n) is 4.70. The van der Waals surface area contributed by atoms with Crippen LogP contribution in [0.4, 0.5) is 0 Å². The van der Waals surface area contributed by atoms with E-state index in [1.807, 2.05) is 6.92 Å². The van der Waals surface area contributed by atoms with E-state index < -0.39 is 0 Å². The van der Waals surface area contributed by atoms with Crippen molar-refractivity contribution in [2.45, 2.75) is 46.6 Å². The van der Waals surface area contributed by atoms with Gasteiger partial charge in [-0.1, -0.05) is 6.92 Å². The lowest BCUT2D eigenvalue weighted by Crippen LogP contribution is -2.41. The van der Waals surface area contributed by atoms with Gasteiger partial charge >= 0.3 is 0 Å². The maximum atomic E-state index is 4.32. The van der Waals surface area contributed by atoms with E-state index in [1.54, 1.807) is 0 Å². The summed E-state index contributed by atoms with van der Waals surface area (Å²) in [6, 6.07) is 0. The zero-order chi connectivity index (χ0) is 12.8. The molecule has 88 valence electrons. The van der Waals surface area contributed by atoms with Crippen molar-refractivity contribution in [1.29, 1.82) is 0 Å². The van der Waals surface area contributed by atoms with E-state index in [0.29, 0.717) is 6.17 Å². The van der Waals surface area contributed by atoms with Crippen molar-refractivity contribution < 1.29 is 0 Å². The van der Waals surface area contributed by atoms with Crippen LogP contribution in [0.5, 0.6) is 0 Å². The molecule has 16 heavy (non-hydrogen) atoms. The Labute approximate surface area is 107 Å². The molecule has 0 N–H and O–H groups in total. The maximum absolute atomic E-state index is 4.32. The number of rotatable bonds is 5. The Bertz CT molecular complexity index is 265. The highest BCUT2D eigenvalue weighted by molar-refractivity contribution is 6.10. The average Bonchev–Trinajstić information content (AvgIpc) is 2.15. The number of aliphatic imine (C=N–C) groups is 1. The Balaban J connectivity index is 5.03. The molecule has 0 saturated heterocycles. The highest BCUT2D eigenvalue weighted by Gasteiger charge is 2.20. The molecule has 0 aliphatic heterocycles. The molecule has 0 aliphatic rings. The number of nitrogens with zero attached hydrogens (tertiary/aromatic N) is 2. The highest BCUT2D eigenvalue weighted by Crippen LogP contribution is 2.20. The summed E-state index contributed by atoms with van der Waals surface area (Å²) in [7, 11) is 6.97. The smallest absolute Gasteiger partial charge is 0.0542 e. The van der Waals surface area contributed by atoms with Crippen LogP contribution in [-0.4, -0.2) is 49.0 Å². The molecule has 0 heterocycles. The van der Waals surface area contributed by atoms with Crippen molar-refractivity contribution in [1.82, 2.24) is 4.90 Å². The van der Waals surface area contributed by atoms with Crippen LogP contribution in [0.3, 0.4) is 0 Å². The molecule has 0 spiro atoms. The third kappa shape index (κ3) is 5.12. The molecular formula is C12H22N2Si2. The van der Waals surface area contributed by atoms with Crippen molar-refractivity contribution in [3.8, 4) is 0 Å². The summed E-state index contributed by atoms with van der Waals surface area (Å²) >= 11 is 0. The minimum absolute atomic E-state index is 0.123. The second-order valence-corrected chi connectivity index (χ2v) is 5.34. The lowest BCUT2D eigenvalue weighted by atomic mass is 10.0. The molecule has 6 radical (unpaired) electrons. The van der Waals surface area contributed by atoms with E-state index in [1.165, 1.54) is 5.70 Å². The van der Waals surface area contributed by atoms with Gasteiger partial charge in [0, 0.05) is 29.3 Å². The minimum Gasteiger partial charge on any atom is -0.374 e. The van der Waals surface area contributed by atoms with Crippen molar-refractivity contribution in [3.63, 3.8) is 0 Å². The van der Waals surface area contributed by atoms with Crippen LogP contribution in [0.2, 0.25) is 0 Å². The molecule has 0 aromatic carbocycles. The molecule has 2 nitrogen and oxygen atoms in total. The molecule has 0 rings (SSSR count). The summed E-state index contributed by atoms with van der Waals surface area (Å²) in [4.78, 5) is 6.67. The molecule has 4 heteroatoms. The third-order valence-electron chi connectivity index (χ3n) is 2.38. The fourth-order valence-electron chi connectivity index (χ4n) is 1.55. The largest absolute Gasteiger partial charge is 0.374 e. The zero-order valence-corrected chi connectivity index (χ0v) is 13.1. The van der Waals surface area contributed by atoms with Gasteiger partial charge in [-0.2, -0.15) is 0 Å². The van der Waals surface area contributed by atoms with Gasteiger partial charge in [0.05, 0.1) is 20.5 Å². The van der Waals surface area contributed by atoms with Crippen LogP contribution in [0.1, 0.15) is 41.0 Å². The first-order valence-corrected chi connectivity index (χ1v) is 7.06. The first kappa shape index (κ1) is 15.6. The zero-order valence-electron chi connectivity index (χ0n) is 11.1. The molecule has 0 aromatic rings. The van der Waals surface area contributed by atoms with Gasteiger partial charge in [0.15, 0.2) is 0 Å². The number of allylic oxidation sites excluding steroid dienone is 2. The van der Waals surface area contributed by atoms with Gasteiger partial charge in [-0.3, -0.25) is 4.99 Å². The second kappa shape index (κ2) is 7.06. The molecule has 0 unspecified atom stereocenters. The van der Waals surface area contributed by atoms with Gasteiger partial charge in [0.2, 0.25) is 0 Å². The lowest BCUT2D eigenvalue weighted by Gasteiger charge is -2.38. The Hall–Kier alpha value is -0.356. The Morgan fingerprint density at radius 1 is 1.31 bits per heavy atom. The Kier molecular flexibility index (Phi) is 6.91. The normalized spacial score (nSPS) is 14.2. The van der Waals surface area contributed by atoms with Gasteiger partial charge in [0.1, 0.15) is 0 Å². The summed E-state index contributed by atoms with van der Waals surface area (Å²) in [6.45, 7) is 10.9. The summed E-state index contributed by atoms with van der Waals surface area (Å²) in [5.41, 5.74) is 2.49. The van der Waals surface area contributed by atoms with Crippen LogP contribution in [0, 0.1) is 0 Å². The van der Waals surface area contributed by atoms with Gasteiger partial charge in [-0.05, 0) is 40.2 Å². The summed E-state index contributed by atoms with van der Waals surface area (Å²) in [6.07, 6.45) is 4.66. The van der Waals surface area contributed by atoms with Crippen molar-refractivity contribution >= 4 is 26.2 Å². The minimum atomic E-state index is 0.123. The SMILES string of the molecule is CC/C(=C/C(C)=N/C[Si])N(C[Si])C(C)(C)C. The van der Waals surface area contributed by atoms with E-state index in [2.05, 4.69) is 64.1 Å². The number of hydrogen-bond acceptors (Lipinski definition) is 2. The average molecular weight is 250 g/mol. The lowest BCUT2D eigenvalue weighted by molar-refractivity contribution is 0.210. The van der Waals surface area contributed by atoms with E-state index in [4.69, 9.17) is 0 Å². The molecule has 0 atom stereocenters. The predicted octanol–water partition coefficient (Wildman–Crippen LogP) is 2.09. The topological polar surface area (TPSA) is 15.6 Å². The highest BCUT2D eigenvalue weighted by atomic mass is 28.1. The molecule has 0 amide bonds. The van der Waals surface area contributed by atoms with E-state index in [-0.39, 0.29) is 5.54 Å². The Morgan fingerprint density at radius 3 is 2.19 bits per heavy atom. The maximum Gasteiger partial charge on any atom is 0.0542 e. The molecule has 0 fully saturated rings. The fraction of sp³-hybridized carbons (Fsp3) is 0.750. The van der Waals surface area contributed by atoms with Gasteiger partial charge in [-0.25, -0.2) is 0 Å². The van der Waals surface area contributed by atoms with Crippen molar-refractivity contribution in [2.24, 2.45) is 4.99 Å². The molecule has 0 saturated carbocycles. The molecule has 0 bridgehead atoms. The summed E-state index contributed by atoms with van der Waals surface area (Å²) in [5.74, 6) is 0. The molecular weight excluding hydrogens is 228 g/mol. The van der Waals surface area contributed by atoms with Crippen LogP contribution in [0.25, 0.3) is 0 Å². The first-order valence-electron chi connectivity index (χ1n) is 5.65. The van der Waals surface area contributed by atoms with Crippen LogP contribution in [-0.2, 0) is 0 Å². The molecule has 0 aromatic heterocycles. The quantitative estimate of drug-likeness (QED) is 0.539. The van der Waals surface area contributed by atoms with Gasteiger partial charge in [0.25, 0.3) is 0 Å². The summed E-state index contributed by atoms with van der Waals surface area (Å²) in [5, 5.41) is 0. The van der Waals surface area contributed by atoms with Crippen LogP contribution >= 0.6 is 0 Å². The third-order valence-corrected chi connectivity index (χ3v) is 2.86. The van der Waals surface area contributed by atoms with E-state index in [9.17, 15) is 0 Å². The van der Waals surface area contributed by atoms with Gasteiger partial charge in [-0.15, -0.1) is 0 Å². The first-order chi connectivity index (χ1) is 7.36. The Morgan fingerprint density at radius 2 is 1.88 bits per heavy atom. The summed E-state index contributed by atoms with van der Waals surface area (Å²) < 4.78 is 0. The standard InChI is InChI=1S/C12H22N2Si2/c1-6-11(7-10(2)13-8-15)14(9-16)12(3,4)5/h7H,6,8-9H2,1-5H3/b11-7-,13-10+. The monoisotopic (exact) mass is 250 g/mol. The van der Waals surface area contributed by atoms with Crippen LogP contribution in [0.15, 0.2) is 16.8 Å². The van der Waals surface area contributed by atoms with Gasteiger partial charge < -0.3 is 4.90 Å².